The molecule has 0 amide bonds. The highest BCUT2D eigenvalue weighted by atomic mass is 14.8. The highest BCUT2D eigenvalue weighted by molar-refractivity contribution is 6.28. The molecule has 0 bridgehead atoms. The Hall–Kier alpha value is -4.09. The van der Waals surface area contributed by atoms with Crippen LogP contribution in [0.1, 0.15) is 11.4 Å². The summed E-state index contributed by atoms with van der Waals surface area (Å²) in [5.41, 5.74) is 2.09. The highest BCUT2D eigenvalue weighted by Crippen LogP contribution is 2.36. The van der Waals surface area contributed by atoms with Gasteiger partial charge >= 0.3 is 0 Å². The van der Waals surface area contributed by atoms with E-state index in [0.29, 0.717) is 11.0 Å². The van der Waals surface area contributed by atoms with Crippen LogP contribution in [0, 0.1) is 22.7 Å². The molecule has 5 nitrogen and oxygen atoms in total. The summed E-state index contributed by atoms with van der Waals surface area (Å²) in [7, 11) is 0. The lowest BCUT2D eigenvalue weighted by atomic mass is 9.97. The van der Waals surface area contributed by atoms with E-state index in [1.807, 2.05) is 48.5 Å². The first-order valence-electron chi connectivity index (χ1n) is 8.02. The number of hydrogen-bond acceptors (Lipinski definition) is 5. The standard InChI is InChI=1S/C21H9N5/c22-10-16-17(11-23)26-21-15-6-3-9-24-19(15)18-13-5-2-1-4-12(13)7-8-14(18)20(21)25-16/h1-9H. The summed E-state index contributed by atoms with van der Waals surface area (Å²) in [5.74, 6) is 0. The molecule has 118 valence electrons. The van der Waals surface area contributed by atoms with Crippen molar-refractivity contribution in [1.29, 1.82) is 10.5 Å². The zero-order valence-electron chi connectivity index (χ0n) is 13.4. The maximum Gasteiger partial charge on any atom is 0.177 e. The van der Waals surface area contributed by atoms with Crippen molar-refractivity contribution >= 4 is 43.5 Å². The molecule has 0 saturated heterocycles. The molecule has 0 spiro atoms. The van der Waals surface area contributed by atoms with Crippen LogP contribution >= 0.6 is 0 Å². The number of nitrogens with zero attached hydrogens (tertiary/aromatic N) is 5. The van der Waals surface area contributed by atoms with Crippen molar-refractivity contribution in [2.45, 2.75) is 0 Å². The molecule has 0 aliphatic rings. The lowest BCUT2D eigenvalue weighted by Crippen LogP contribution is -1.98. The molecule has 0 aliphatic carbocycles. The van der Waals surface area contributed by atoms with Gasteiger partial charge in [-0.05, 0) is 22.9 Å². The predicted molar refractivity (Wildman–Crippen MR) is 99.3 cm³/mol. The summed E-state index contributed by atoms with van der Waals surface area (Å²) >= 11 is 0. The molecule has 0 atom stereocenters. The molecule has 0 N–H and O–H groups in total. The van der Waals surface area contributed by atoms with Crippen LogP contribution in [0.4, 0.5) is 0 Å². The third kappa shape index (κ3) is 1.80. The number of benzene rings is 3. The number of rotatable bonds is 0. The molecule has 2 aromatic heterocycles. The molecule has 3 aromatic carbocycles. The first kappa shape index (κ1) is 14.3. The van der Waals surface area contributed by atoms with E-state index < -0.39 is 0 Å². The molecule has 0 saturated carbocycles. The normalized spacial score (nSPS) is 11.0. The maximum atomic E-state index is 9.35. The Balaban J connectivity index is 2.18. The fraction of sp³-hybridized carbons (Fsp3) is 0. The van der Waals surface area contributed by atoms with Gasteiger partial charge in [0.2, 0.25) is 0 Å². The zero-order valence-corrected chi connectivity index (χ0v) is 13.4. The van der Waals surface area contributed by atoms with Crippen molar-refractivity contribution in [2.75, 3.05) is 0 Å². The van der Waals surface area contributed by atoms with Crippen LogP contribution in [-0.4, -0.2) is 15.0 Å². The number of fused-ring (bicyclic) bond motifs is 8. The van der Waals surface area contributed by atoms with Crippen LogP contribution in [0.5, 0.6) is 0 Å². The second kappa shape index (κ2) is 5.20. The Morgan fingerprint density at radius 1 is 0.654 bits per heavy atom. The van der Waals surface area contributed by atoms with Crippen LogP contribution in [-0.2, 0) is 0 Å². The third-order valence-corrected chi connectivity index (χ3v) is 4.59. The Labute approximate surface area is 147 Å². The molecular formula is C21H9N5. The van der Waals surface area contributed by atoms with E-state index in [4.69, 9.17) is 0 Å². The number of aromatic nitrogens is 3. The summed E-state index contributed by atoms with van der Waals surface area (Å²) < 4.78 is 0. The molecule has 5 rings (SSSR count). The highest BCUT2D eigenvalue weighted by Gasteiger charge is 2.17. The fourth-order valence-corrected chi connectivity index (χ4v) is 3.49. The SMILES string of the molecule is N#Cc1nc2c3cccnc3c3c4ccccc4ccc3c2nc1C#N. The van der Waals surface area contributed by atoms with Gasteiger partial charge in [-0.15, -0.1) is 0 Å². The zero-order chi connectivity index (χ0) is 17.7. The molecule has 0 aliphatic heterocycles. The minimum atomic E-state index is 0.0327. The average molecular weight is 331 g/mol. The third-order valence-electron chi connectivity index (χ3n) is 4.59. The number of pyridine rings is 1. The van der Waals surface area contributed by atoms with E-state index in [-0.39, 0.29) is 11.4 Å². The molecule has 2 heterocycles. The monoisotopic (exact) mass is 331 g/mol. The Morgan fingerprint density at radius 3 is 2.12 bits per heavy atom. The lowest BCUT2D eigenvalue weighted by Gasteiger charge is -2.11. The lowest BCUT2D eigenvalue weighted by molar-refractivity contribution is 1.21. The van der Waals surface area contributed by atoms with Crippen molar-refractivity contribution < 1.29 is 0 Å². The number of nitriles is 2. The van der Waals surface area contributed by atoms with Gasteiger partial charge in [0.1, 0.15) is 17.7 Å². The first-order valence-corrected chi connectivity index (χ1v) is 8.02. The van der Waals surface area contributed by atoms with Crippen molar-refractivity contribution in [3.8, 4) is 12.1 Å². The van der Waals surface area contributed by atoms with E-state index in [1.54, 1.807) is 6.20 Å². The van der Waals surface area contributed by atoms with E-state index in [9.17, 15) is 10.5 Å². The van der Waals surface area contributed by atoms with Crippen LogP contribution in [0.25, 0.3) is 43.5 Å². The average Bonchev–Trinajstić information content (AvgIpc) is 2.72. The first-order chi connectivity index (χ1) is 12.8. The minimum absolute atomic E-state index is 0.0327. The molecular weight excluding hydrogens is 322 g/mol. The van der Waals surface area contributed by atoms with Crippen LogP contribution < -0.4 is 0 Å². The summed E-state index contributed by atoms with van der Waals surface area (Å²) in [5, 5.41) is 23.5. The van der Waals surface area contributed by atoms with Gasteiger partial charge in [0.15, 0.2) is 11.4 Å². The van der Waals surface area contributed by atoms with Gasteiger partial charge in [-0.2, -0.15) is 10.5 Å². The summed E-state index contributed by atoms with van der Waals surface area (Å²) in [6.07, 6.45) is 1.75. The van der Waals surface area contributed by atoms with Gasteiger partial charge in [0, 0.05) is 22.4 Å². The van der Waals surface area contributed by atoms with E-state index in [0.717, 1.165) is 32.4 Å². The minimum Gasteiger partial charge on any atom is -0.256 e. The van der Waals surface area contributed by atoms with Gasteiger partial charge in [-0.3, -0.25) is 4.98 Å². The van der Waals surface area contributed by atoms with Gasteiger partial charge in [-0.25, -0.2) is 9.97 Å². The molecule has 0 unspecified atom stereocenters. The Morgan fingerprint density at radius 2 is 1.35 bits per heavy atom. The van der Waals surface area contributed by atoms with Gasteiger partial charge in [-0.1, -0.05) is 36.4 Å². The summed E-state index contributed by atoms with van der Waals surface area (Å²) in [4.78, 5) is 13.5. The van der Waals surface area contributed by atoms with E-state index >= 15 is 0 Å². The molecule has 5 aromatic rings. The van der Waals surface area contributed by atoms with Crippen LogP contribution in [0.2, 0.25) is 0 Å². The van der Waals surface area contributed by atoms with Crippen molar-refractivity contribution in [3.05, 3.63) is 66.1 Å². The van der Waals surface area contributed by atoms with E-state index in [2.05, 4.69) is 27.1 Å². The van der Waals surface area contributed by atoms with Crippen molar-refractivity contribution in [3.63, 3.8) is 0 Å². The topological polar surface area (TPSA) is 86.2 Å². The fourth-order valence-electron chi connectivity index (χ4n) is 3.49. The maximum absolute atomic E-state index is 9.35. The van der Waals surface area contributed by atoms with Crippen molar-refractivity contribution in [2.24, 2.45) is 0 Å². The van der Waals surface area contributed by atoms with Crippen LogP contribution in [0.15, 0.2) is 54.7 Å². The Kier molecular flexibility index (Phi) is 2.86. The molecule has 26 heavy (non-hydrogen) atoms. The smallest absolute Gasteiger partial charge is 0.177 e. The second-order valence-corrected chi connectivity index (χ2v) is 5.95. The second-order valence-electron chi connectivity index (χ2n) is 5.95. The summed E-state index contributed by atoms with van der Waals surface area (Å²) in [6, 6.07) is 19.8. The van der Waals surface area contributed by atoms with Crippen molar-refractivity contribution in [1.82, 2.24) is 15.0 Å². The van der Waals surface area contributed by atoms with Gasteiger partial charge in [0.05, 0.1) is 11.0 Å². The van der Waals surface area contributed by atoms with E-state index in [1.165, 1.54) is 0 Å². The summed E-state index contributed by atoms with van der Waals surface area (Å²) in [6.45, 7) is 0. The predicted octanol–water partition coefficient (Wildman–Crippen LogP) is 4.23. The van der Waals surface area contributed by atoms with Gasteiger partial charge < -0.3 is 0 Å². The van der Waals surface area contributed by atoms with Gasteiger partial charge in [0.25, 0.3) is 0 Å². The largest absolute Gasteiger partial charge is 0.256 e. The molecule has 0 radical (unpaired) electrons. The quantitative estimate of drug-likeness (QED) is 0.396. The molecule has 0 fully saturated rings. The number of hydrogen-bond donors (Lipinski definition) is 0. The molecule has 5 heteroatoms. The Bertz CT molecular complexity index is 1460. The van der Waals surface area contributed by atoms with Crippen LogP contribution in [0.3, 0.4) is 0 Å².